The zero-order valence-electron chi connectivity index (χ0n) is 10.6. The first kappa shape index (κ1) is 13.7. The van der Waals surface area contributed by atoms with Gasteiger partial charge in [-0.3, -0.25) is 4.79 Å². The third kappa shape index (κ3) is 3.00. The summed E-state index contributed by atoms with van der Waals surface area (Å²) >= 11 is 3.16. The Kier molecular flexibility index (Phi) is 4.21. The lowest BCUT2D eigenvalue weighted by Gasteiger charge is -2.32. The van der Waals surface area contributed by atoms with Gasteiger partial charge in [0.2, 0.25) is 0 Å². The summed E-state index contributed by atoms with van der Waals surface area (Å²) in [6.07, 6.45) is 5.94. The molecule has 3 heteroatoms. The van der Waals surface area contributed by atoms with Crippen molar-refractivity contribution >= 4 is 21.7 Å². The van der Waals surface area contributed by atoms with E-state index in [2.05, 4.69) is 22.9 Å². The predicted octanol–water partition coefficient (Wildman–Crippen LogP) is 4.67. The monoisotopic (exact) mass is 312 g/mol. The van der Waals surface area contributed by atoms with Crippen molar-refractivity contribution in [1.82, 2.24) is 0 Å². The van der Waals surface area contributed by atoms with Crippen LogP contribution in [0.25, 0.3) is 0 Å². The van der Waals surface area contributed by atoms with Gasteiger partial charge >= 0.3 is 0 Å². The molecule has 1 saturated carbocycles. The molecule has 0 bridgehead atoms. The van der Waals surface area contributed by atoms with Gasteiger partial charge in [0.15, 0.2) is 0 Å². The minimum atomic E-state index is -0.282. The van der Waals surface area contributed by atoms with Crippen molar-refractivity contribution < 1.29 is 9.18 Å². The first-order valence-electron chi connectivity index (χ1n) is 6.48. The van der Waals surface area contributed by atoms with Crippen LogP contribution in [0.5, 0.6) is 0 Å². The Balaban J connectivity index is 2.08. The van der Waals surface area contributed by atoms with Crippen LogP contribution < -0.4 is 0 Å². The number of hydrogen-bond acceptors (Lipinski definition) is 1. The molecule has 0 aromatic heterocycles. The second kappa shape index (κ2) is 5.52. The van der Waals surface area contributed by atoms with Crippen LogP contribution in [0.1, 0.15) is 44.6 Å². The SMILES string of the molecule is CC1(C(=O)Cc2ccc(F)c(Br)c2)CCCCC1. The molecule has 0 spiro atoms. The fourth-order valence-corrected chi connectivity index (χ4v) is 3.09. The molecule has 1 nitrogen and oxygen atoms in total. The Morgan fingerprint density at radius 3 is 2.61 bits per heavy atom. The van der Waals surface area contributed by atoms with E-state index in [1.54, 1.807) is 12.1 Å². The minimum absolute atomic E-state index is 0.168. The summed E-state index contributed by atoms with van der Waals surface area (Å²) in [7, 11) is 0. The normalized spacial score (nSPS) is 18.6. The number of Topliss-reactive ketones (excluding diaryl/α,β-unsaturated/α-hetero) is 1. The van der Waals surface area contributed by atoms with E-state index in [0.717, 1.165) is 31.2 Å². The zero-order chi connectivity index (χ0) is 13.2. The van der Waals surface area contributed by atoms with E-state index in [4.69, 9.17) is 0 Å². The van der Waals surface area contributed by atoms with Crippen molar-refractivity contribution in [2.75, 3.05) is 0 Å². The summed E-state index contributed by atoms with van der Waals surface area (Å²) in [6, 6.07) is 4.82. The Morgan fingerprint density at radius 2 is 2.00 bits per heavy atom. The molecule has 2 rings (SSSR count). The van der Waals surface area contributed by atoms with Crippen molar-refractivity contribution in [3.63, 3.8) is 0 Å². The highest BCUT2D eigenvalue weighted by Crippen LogP contribution is 2.37. The Bertz CT molecular complexity index is 450. The lowest BCUT2D eigenvalue weighted by molar-refractivity contribution is -0.128. The highest BCUT2D eigenvalue weighted by atomic mass is 79.9. The molecule has 0 radical (unpaired) electrons. The third-order valence-electron chi connectivity index (χ3n) is 3.98. The summed E-state index contributed by atoms with van der Waals surface area (Å²) in [5, 5.41) is 0. The smallest absolute Gasteiger partial charge is 0.143 e. The molecule has 0 N–H and O–H groups in total. The molecule has 98 valence electrons. The van der Waals surface area contributed by atoms with Crippen LogP contribution in [0.4, 0.5) is 4.39 Å². The first-order chi connectivity index (χ1) is 8.51. The first-order valence-corrected chi connectivity index (χ1v) is 7.28. The van der Waals surface area contributed by atoms with Gasteiger partial charge in [0, 0.05) is 11.8 Å². The summed E-state index contributed by atoms with van der Waals surface area (Å²) < 4.78 is 13.6. The van der Waals surface area contributed by atoms with E-state index in [1.807, 2.05) is 0 Å². The Hall–Kier alpha value is -0.700. The molecule has 1 fully saturated rings. The molecule has 0 heterocycles. The molecule has 0 unspecified atom stereocenters. The molecule has 0 amide bonds. The van der Waals surface area contributed by atoms with E-state index in [9.17, 15) is 9.18 Å². The van der Waals surface area contributed by atoms with Crippen LogP contribution in [0.15, 0.2) is 22.7 Å². The summed E-state index contributed by atoms with van der Waals surface area (Å²) in [6.45, 7) is 2.08. The van der Waals surface area contributed by atoms with Gasteiger partial charge in [-0.1, -0.05) is 32.3 Å². The minimum Gasteiger partial charge on any atom is -0.299 e. The number of rotatable bonds is 3. The summed E-state index contributed by atoms with van der Waals surface area (Å²) in [4.78, 5) is 12.4. The second-order valence-corrected chi connectivity index (χ2v) is 6.32. The molecule has 18 heavy (non-hydrogen) atoms. The van der Waals surface area contributed by atoms with Gasteiger partial charge in [-0.25, -0.2) is 4.39 Å². The van der Waals surface area contributed by atoms with E-state index in [0.29, 0.717) is 16.7 Å². The predicted molar refractivity (Wildman–Crippen MR) is 74.0 cm³/mol. The topological polar surface area (TPSA) is 17.1 Å². The summed E-state index contributed by atoms with van der Waals surface area (Å²) in [5.74, 6) is 0.00999. The molecule has 0 saturated heterocycles. The molecule has 1 aromatic rings. The number of hydrogen-bond donors (Lipinski definition) is 0. The van der Waals surface area contributed by atoms with Gasteiger partial charge in [-0.15, -0.1) is 0 Å². The maximum Gasteiger partial charge on any atom is 0.143 e. The maximum absolute atomic E-state index is 13.1. The highest BCUT2D eigenvalue weighted by Gasteiger charge is 2.33. The van der Waals surface area contributed by atoms with Gasteiger partial charge in [-0.2, -0.15) is 0 Å². The largest absolute Gasteiger partial charge is 0.299 e. The van der Waals surface area contributed by atoms with Crippen molar-refractivity contribution in [3.8, 4) is 0 Å². The quantitative estimate of drug-likeness (QED) is 0.792. The fraction of sp³-hybridized carbons (Fsp3) is 0.533. The molecule has 0 atom stereocenters. The van der Waals surface area contributed by atoms with Crippen molar-refractivity contribution in [3.05, 3.63) is 34.1 Å². The average molecular weight is 313 g/mol. The van der Waals surface area contributed by atoms with Gasteiger partial charge in [0.25, 0.3) is 0 Å². The van der Waals surface area contributed by atoms with Crippen LogP contribution in [-0.4, -0.2) is 5.78 Å². The van der Waals surface area contributed by atoms with Crippen LogP contribution in [0.3, 0.4) is 0 Å². The van der Waals surface area contributed by atoms with E-state index in [-0.39, 0.29) is 11.2 Å². The molecular formula is C15H18BrFO. The second-order valence-electron chi connectivity index (χ2n) is 5.47. The van der Waals surface area contributed by atoms with Crippen LogP contribution in [-0.2, 0) is 11.2 Å². The highest BCUT2D eigenvalue weighted by molar-refractivity contribution is 9.10. The number of carbonyl (C=O) groups is 1. The standard InChI is InChI=1S/C15H18BrFO/c1-15(7-3-2-4-8-15)14(18)10-11-5-6-13(17)12(16)9-11/h5-6,9H,2-4,7-8,10H2,1H3. The van der Waals surface area contributed by atoms with Crippen molar-refractivity contribution in [1.29, 1.82) is 0 Å². The van der Waals surface area contributed by atoms with Crippen molar-refractivity contribution in [2.24, 2.45) is 5.41 Å². The molecule has 0 aliphatic heterocycles. The van der Waals surface area contributed by atoms with E-state index in [1.165, 1.54) is 12.5 Å². The zero-order valence-corrected chi connectivity index (χ0v) is 12.2. The lowest BCUT2D eigenvalue weighted by atomic mass is 9.71. The van der Waals surface area contributed by atoms with Crippen LogP contribution in [0, 0.1) is 11.2 Å². The van der Waals surface area contributed by atoms with Crippen LogP contribution in [0.2, 0.25) is 0 Å². The average Bonchev–Trinajstić information content (AvgIpc) is 2.35. The van der Waals surface area contributed by atoms with Crippen LogP contribution >= 0.6 is 15.9 Å². The van der Waals surface area contributed by atoms with Gasteiger partial charge in [-0.05, 0) is 46.5 Å². The Labute approximate surface area is 116 Å². The molecule has 1 aliphatic carbocycles. The van der Waals surface area contributed by atoms with Gasteiger partial charge < -0.3 is 0 Å². The summed E-state index contributed by atoms with van der Waals surface area (Å²) in [5.41, 5.74) is 0.721. The van der Waals surface area contributed by atoms with Gasteiger partial charge in [0.05, 0.1) is 4.47 Å². The van der Waals surface area contributed by atoms with Crippen molar-refractivity contribution in [2.45, 2.75) is 45.4 Å². The lowest BCUT2D eigenvalue weighted by Crippen LogP contribution is -2.31. The number of ketones is 1. The molecule has 1 aromatic carbocycles. The van der Waals surface area contributed by atoms with E-state index >= 15 is 0 Å². The van der Waals surface area contributed by atoms with E-state index < -0.39 is 0 Å². The molecule has 1 aliphatic rings. The number of benzene rings is 1. The Morgan fingerprint density at radius 1 is 1.33 bits per heavy atom. The number of carbonyl (C=O) groups excluding carboxylic acids is 1. The fourth-order valence-electron chi connectivity index (χ4n) is 2.66. The van der Waals surface area contributed by atoms with Gasteiger partial charge in [0.1, 0.15) is 11.6 Å². The number of halogens is 2. The third-order valence-corrected chi connectivity index (χ3v) is 4.59. The maximum atomic E-state index is 13.1. The molecular weight excluding hydrogens is 295 g/mol.